The molecule has 7 heteroatoms. The van der Waals surface area contributed by atoms with E-state index in [1.54, 1.807) is 24.3 Å². The highest BCUT2D eigenvalue weighted by Gasteiger charge is 2.19. The van der Waals surface area contributed by atoms with Crippen LogP contribution in [0.15, 0.2) is 36.4 Å². The van der Waals surface area contributed by atoms with Gasteiger partial charge in [-0.2, -0.15) is 5.26 Å². The third-order valence-corrected chi connectivity index (χ3v) is 3.42. The van der Waals surface area contributed by atoms with Crippen LogP contribution >= 0.6 is 11.6 Å². The lowest BCUT2D eigenvalue weighted by atomic mass is 10.0. The van der Waals surface area contributed by atoms with Crippen molar-refractivity contribution in [1.82, 2.24) is 0 Å². The minimum absolute atomic E-state index is 0.0538. The molecular weight excluding hydrogens is 320 g/mol. The van der Waals surface area contributed by atoms with Crippen LogP contribution in [0, 0.1) is 21.4 Å². The van der Waals surface area contributed by atoms with Gasteiger partial charge in [0, 0.05) is 16.7 Å². The summed E-state index contributed by atoms with van der Waals surface area (Å²) in [6.07, 6.45) is 1.44. The number of allylic oxidation sites excluding steroid dienone is 1. The number of rotatable bonds is 4. The number of methoxy groups -OCH3 is 1. The number of aromatic hydroxyl groups is 1. The minimum Gasteiger partial charge on any atom is -0.500 e. The lowest BCUT2D eigenvalue weighted by Crippen LogP contribution is -1.93. The van der Waals surface area contributed by atoms with Gasteiger partial charge in [-0.15, -0.1) is 0 Å². The van der Waals surface area contributed by atoms with E-state index >= 15 is 0 Å². The molecule has 6 nitrogen and oxygen atoms in total. The molecule has 0 aliphatic rings. The highest BCUT2D eigenvalue weighted by atomic mass is 35.5. The second-order valence-electron chi connectivity index (χ2n) is 4.50. The summed E-state index contributed by atoms with van der Waals surface area (Å²) in [5.41, 5.74) is 0.568. The molecule has 0 saturated carbocycles. The monoisotopic (exact) mass is 330 g/mol. The van der Waals surface area contributed by atoms with Crippen molar-refractivity contribution >= 4 is 28.9 Å². The smallest absolute Gasteiger partial charge is 0.315 e. The highest BCUT2D eigenvalue weighted by Crippen LogP contribution is 2.38. The summed E-state index contributed by atoms with van der Waals surface area (Å²) in [6, 6.07) is 11.3. The number of hydrogen-bond donors (Lipinski definition) is 1. The van der Waals surface area contributed by atoms with Gasteiger partial charge >= 0.3 is 5.69 Å². The Morgan fingerprint density at radius 1 is 1.43 bits per heavy atom. The number of nitriles is 1. The molecule has 116 valence electrons. The number of benzene rings is 2. The van der Waals surface area contributed by atoms with Crippen molar-refractivity contribution in [1.29, 1.82) is 5.26 Å². The highest BCUT2D eigenvalue weighted by molar-refractivity contribution is 6.32. The van der Waals surface area contributed by atoms with Crippen LogP contribution in [-0.2, 0) is 0 Å². The predicted octanol–water partition coefficient (Wildman–Crippen LogP) is 4.03. The zero-order valence-electron chi connectivity index (χ0n) is 12.0. The number of nitro groups is 1. The Kier molecular flexibility index (Phi) is 4.84. The summed E-state index contributed by atoms with van der Waals surface area (Å²) in [5.74, 6) is -0.618. The average Bonchev–Trinajstić information content (AvgIpc) is 2.54. The summed E-state index contributed by atoms with van der Waals surface area (Å²) in [5, 5.41) is 30.5. The number of ether oxygens (including phenoxy) is 1. The van der Waals surface area contributed by atoms with Crippen LogP contribution in [0.3, 0.4) is 0 Å². The van der Waals surface area contributed by atoms with E-state index < -0.39 is 16.4 Å². The molecule has 0 amide bonds. The molecule has 0 unspecified atom stereocenters. The molecule has 2 aromatic rings. The maximum atomic E-state index is 11.0. The lowest BCUT2D eigenvalue weighted by Gasteiger charge is -2.06. The van der Waals surface area contributed by atoms with Crippen LogP contribution in [0.1, 0.15) is 11.1 Å². The normalized spacial score (nSPS) is 10.9. The Bertz CT molecular complexity index is 840. The molecule has 1 N–H and O–H groups in total. The standard InChI is InChI=1S/C16H11ClN2O4/c1-23-15-8-10(7-14(16(15)20)19(21)22)6-11(9-18)12-4-2-3-5-13(12)17/h2-8,20H,1H3. The summed E-state index contributed by atoms with van der Waals surface area (Å²) < 4.78 is 4.93. The van der Waals surface area contributed by atoms with E-state index in [1.807, 2.05) is 6.07 Å². The average molecular weight is 331 g/mol. The van der Waals surface area contributed by atoms with Gasteiger partial charge in [0.25, 0.3) is 0 Å². The van der Waals surface area contributed by atoms with Crippen LogP contribution in [0.4, 0.5) is 5.69 Å². The number of phenols is 1. The zero-order valence-corrected chi connectivity index (χ0v) is 12.7. The van der Waals surface area contributed by atoms with Crippen LogP contribution < -0.4 is 4.74 Å². The van der Waals surface area contributed by atoms with Gasteiger partial charge in [0.05, 0.1) is 23.7 Å². The molecule has 0 aliphatic heterocycles. The van der Waals surface area contributed by atoms with Crippen molar-refractivity contribution in [3.8, 4) is 17.6 Å². The van der Waals surface area contributed by atoms with E-state index in [9.17, 15) is 20.5 Å². The fraction of sp³-hybridized carbons (Fsp3) is 0.0625. The Morgan fingerprint density at radius 3 is 2.70 bits per heavy atom. The molecule has 0 aromatic heterocycles. The Balaban J connectivity index is 2.61. The van der Waals surface area contributed by atoms with Crippen molar-refractivity contribution in [3.63, 3.8) is 0 Å². The zero-order chi connectivity index (χ0) is 17.0. The first-order valence-electron chi connectivity index (χ1n) is 6.40. The van der Waals surface area contributed by atoms with Crippen molar-refractivity contribution < 1.29 is 14.8 Å². The molecule has 0 fully saturated rings. The first-order chi connectivity index (χ1) is 11.0. The van der Waals surface area contributed by atoms with Crippen molar-refractivity contribution in [2.24, 2.45) is 0 Å². The summed E-state index contributed by atoms with van der Waals surface area (Å²) in [6.45, 7) is 0. The van der Waals surface area contributed by atoms with Crippen molar-refractivity contribution in [3.05, 3.63) is 62.7 Å². The van der Waals surface area contributed by atoms with E-state index in [-0.39, 0.29) is 11.3 Å². The lowest BCUT2D eigenvalue weighted by molar-refractivity contribution is -0.386. The number of nitrogens with zero attached hydrogens (tertiary/aromatic N) is 2. The first kappa shape index (κ1) is 16.3. The van der Waals surface area contributed by atoms with Gasteiger partial charge in [0.1, 0.15) is 0 Å². The number of nitro benzene ring substituents is 1. The topological polar surface area (TPSA) is 96.4 Å². The predicted molar refractivity (Wildman–Crippen MR) is 86.2 cm³/mol. The van der Waals surface area contributed by atoms with Gasteiger partial charge in [-0.25, -0.2) is 0 Å². The van der Waals surface area contributed by atoms with E-state index in [1.165, 1.54) is 19.3 Å². The molecule has 2 aromatic carbocycles. The number of halogens is 1. The summed E-state index contributed by atoms with van der Waals surface area (Å²) >= 11 is 6.06. The Labute approximate surface area is 137 Å². The fourth-order valence-corrected chi connectivity index (χ4v) is 2.25. The van der Waals surface area contributed by atoms with Crippen LogP contribution in [0.2, 0.25) is 5.02 Å². The third-order valence-electron chi connectivity index (χ3n) is 3.09. The molecule has 23 heavy (non-hydrogen) atoms. The Morgan fingerprint density at radius 2 is 2.13 bits per heavy atom. The van der Waals surface area contributed by atoms with Crippen LogP contribution in [0.25, 0.3) is 11.6 Å². The van der Waals surface area contributed by atoms with E-state index in [0.29, 0.717) is 16.1 Å². The van der Waals surface area contributed by atoms with E-state index in [2.05, 4.69) is 0 Å². The molecule has 0 spiro atoms. The van der Waals surface area contributed by atoms with E-state index in [4.69, 9.17) is 16.3 Å². The van der Waals surface area contributed by atoms with Gasteiger partial charge in [0.15, 0.2) is 5.75 Å². The van der Waals surface area contributed by atoms with Gasteiger partial charge in [-0.05, 0) is 23.8 Å². The summed E-state index contributed by atoms with van der Waals surface area (Å²) in [7, 11) is 1.28. The summed E-state index contributed by atoms with van der Waals surface area (Å²) in [4.78, 5) is 10.3. The molecule has 2 rings (SSSR count). The first-order valence-corrected chi connectivity index (χ1v) is 6.77. The van der Waals surface area contributed by atoms with E-state index in [0.717, 1.165) is 6.07 Å². The largest absolute Gasteiger partial charge is 0.500 e. The van der Waals surface area contributed by atoms with Crippen molar-refractivity contribution in [2.45, 2.75) is 0 Å². The van der Waals surface area contributed by atoms with Gasteiger partial charge in [-0.3, -0.25) is 10.1 Å². The second kappa shape index (κ2) is 6.81. The van der Waals surface area contributed by atoms with Gasteiger partial charge < -0.3 is 9.84 Å². The molecule has 0 radical (unpaired) electrons. The quantitative estimate of drug-likeness (QED) is 0.395. The molecule has 0 heterocycles. The molecule has 0 aliphatic carbocycles. The fourth-order valence-electron chi connectivity index (χ4n) is 2.01. The molecular formula is C16H11ClN2O4. The van der Waals surface area contributed by atoms with Crippen LogP contribution in [-0.4, -0.2) is 17.1 Å². The maximum absolute atomic E-state index is 11.0. The van der Waals surface area contributed by atoms with Crippen molar-refractivity contribution in [2.75, 3.05) is 7.11 Å². The number of hydrogen-bond acceptors (Lipinski definition) is 5. The maximum Gasteiger partial charge on any atom is 0.315 e. The molecule has 0 atom stereocenters. The Hall–Kier alpha value is -3.04. The second-order valence-corrected chi connectivity index (χ2v) is 4.90. The number of phenolic OH excluding ortho intramolecular Hbond substituents is 1. The molecule has 0 bridgehead atoms. The van der Waals surface area contributed by atoms with Gasteiger partial charge in [-0.1, -0.05) is 29.8 Å². The molecule has 0 saturated heterocycles. The SMILES string of the molecule is COc1cc(C=C(C#N)c2ccccc2Cl)cc([N+](=O)[O-])c1O. The third kappa shape index (κ3) is 3.42. The van der Waals surface area contributed by atoms with Gasteiger partial charge in [0.2, 0.25) is 5.75 Å². The minimum atomic E-state index is -0.725. The van der Waals surface area contributed by atoms with Crippen LogP contribution in [0.5, 0.6) is 11.5 Å².